The highest BCUT2D eigenvalue weighted by molar-refractivity contribution is 5.98. The minimum atomic E-state index is -0.585. The van der Waals surface area contributed by atoms with Crippen molar-refractivity contribution in [1.29, 1.82) is 0 Å². The van der Waals surface area contributed by atoms with Crippen LogP contribution in [-0.2, 0) is 9.53 Å². The molecule has 8 heteroatoms. The van der Waals surface area contributed by atoms with Gasteiger partial charge in [0.2, 0.25) is 0 Å². The summed E-state index contributed by atoms with van der Waals surface area (Å²) in [6.45, 7) is 0.756. The molecule has 3 heterocycles. The van der Waals surface area contributed by atoms with Gasteiger partial charge < -0.3 is 9.64 Å². The van der Waals surface area contributed by atoms with Gasteiger partial charge in [-0.15, -0.1) is 0 Å². The third-order valence-corrected chi connectivity index (χ3v) is 3.68. The van der Waals surface area contributed by atoms with Crippen LogP contribution in [0.2, 0.25) is 0 Å². The Kier molecular flexibility index (Phi) is 3.51. The predicted molar refractivity (Wildman–Crippen MR) is 69.2 cm³/mol. The molecule has 3 amide bonds. The lowest BCUT2D eigenvalue weighted by Gasteiger charge is -2.34. The number of piperidine rings is 1. The number of ether oxygens (including phenoxy) is 1. The Balaban J connectivity index is 1.62. The van der Waals surface area contributed by atoms with E-state index >= 15 is 0 Å². The average molecular weight is 290 g/mol. The quantitative estimate of drug-likeness (QED) is 0.764. The number of nitrogens with zero attached hydrogens (tertiary/aromatic N) is 4. The van der Waals surface area contributed by atoms with Gasteiger partial charge in [0, 0.05) is 31.5 Å². The van der Waals surface area contributed by atoms with Crippen LogP contribution in [-0.4, -0.2) is 63.4 Å². The number of imide groups is 1. The van der Waals surface area contributed by atoms with Gasteiger partial charge >= 0.3 is 6.09 Å². The molecule has 1 aromatic rings. The molecule has 0 radical (unpaired) electrons. The van der Waals surface area contributed by atoms with Gasteiger partial charge in [0.1, 0.15) is 5.69 Å². The number of amides is 3. The zero-order valence-electron chi connectivity index (χ0n) is 11.3. The van der Waals surface area contributed by atoms with Gasteiger partial charge in [-0.2, -0.15) is 0 Å². The van der Waals surface area contributed by atoms with E-state index in [1.54, 1.807) is 4.90 Å². The Morgan fingerprint density at radius 3 is 2.57 bits per heavy atom. The van der Waals surface area contributed by atoms with Crippen molar-refractivity contribution in [2.75, 3.05) is 19.7 Å². The fourth-order valence-corrected chi connectivity index (χ4v) is 2.62. The number of rotatable bonds is 2. The summed E-state index contributed by atoms with van der Waals surface area (Å²) in [5, 5.41) is 0. The molecule has 0 aliphatic carbocycles. The molecule has 3 rings (SSSR count). The first-order valence-electron chi connectivity index (χ1n) is 6.71. The number of hydrogen-bond donors (Lipinski definition) is 0. The van der Waals surface area contributed by atoms with Crippen LogP contribution in [0.25, 0.3) is 0 Å². The summed E-state index contributed by atoms with van der Waals surface area (Å²) in [4.78, 5) is 46.0. The Hall–Kier alpha value is -2.51. The molecule has 0 atom stereocenters. The summed E-state index contributed by atoms with van der Waals surface area (Å²) in [6.07, 6.45) is 4.92. The van der Waals surface area contributed by atoms with Crippen LogP contribution in [0.1, 0.15) is 23.3 Å². The third-order valence-electron chi connectivity index (χ3n) is 3.68. The summed E-state index contributed by atoms with van der Waals surface area (Å²) >= 11 is 0. The van der Waals surface area contributed by atoms with Crippen LogP contribution in [0.4, 0.5) is 4.79 Å². The maximum absolute atomic E-state index is 12.2. The molecule has 2 fully saturated rings. The first-order chi connectivity index (χ1) is 10.2. The van der Waals surface area contributed by atoms with E-state index in [4.69, 9.17) is 4.74 Å². The molecule has 0 saturated carbocycles. The van der Waals surface area contributed by atoms with Crippen molar-refractivity contribution in [1.82, 2.24) is 19.8 Å². The lowest BCUT2D eigenvalue weighted by atomic mass is 10.0. The van der Waals surface area contributed by atoms with E-state index in [9.17, 15) is 14.4 Å². The lowest BCUT2D eigenvalue weighted by Crippen LogP contribution is -2.48. The topological polar surface area (TPSA) is 92.7 Å². The van der Waals surface area contributed by atoms with Crippen molar-refractivity contribution in [2.24, 2.45) is 0 Å². The summed E-state index contributed by atoms with van der Waals surface area (Å²) < 4.78 is 4.71. The number of aromatic nitrogens is 2. The fourth-order valence-electron chi connectivity index (χ4n) is 2.62. The fraction of sp³-hybridized carbons (Fsp3) is 0.462. The second kappa shape index (κ2) is 5.47. The number of carbonyl (C=O) groups excluding carboxylic acids is 3. The minimum Gasteiger partial charge on any atom is -0.439 e. The molecular weight excluding hydrogens is 276 g/mol. The number of likely N-dealkylation sites (tertiary alicyclic amines) is 1. The van der Waals surface area contributed by atoms with Gasteiger partial charge in [0.25, 0.3) is 11.8 Å². The highest BCUT2D eigenvalue weighted by atomic mass is 16.6. The van der Waals surface area contributed by atoms with E-state index < -0.39 is 6.09 Å². The zero-order chi connectivity index (χ0) is 14.8. The maximum Gasteiger partial charge on any atom is 0.417 e. The zero-order valence-corrected chi connectivity index (χ0v) is 11.3. The molecule has 0 unspecified atom stereocenters. The molecule has 0 aromatic carbocycles. The first-order valence-corrected chi connectivity index (χ1v) is 6.71. The van der Waals surface area contributed by atoms with Gasteiger partial charge in [-0.25, -0.2) is 14.7 Å². The number of carbonyl (C=O) groups is 3. The predicted octanol–water partition coefficient (Wildman–Crippen LogP) is 0.0600. The smallest absolute Gasteiger partial charge is 0.417 e. The second-order valence-electron chi connectivity index (χ2n) is 4.93. The summed E-state index contributed by atoms with van der Waals surface area (Å²) in [6, 6.07) is -0.196. The van der Waals surface area contributed by atoms with Crippen molar-refractivity contribution in [2.45, 2.75) is 18.9 Å². The van der Waals surface area contributed by atoms with Gasteiger partial charge in [-0.3, -0.25) is 14.6 Å². The van der Waals surface area contributed by atoms with E-state index in [0.717, 1.165) is 0 Å². The second-order valence-corrected chi connectivity index (χ2v) is 4.93. The van der Waals surface area contributed by atoms with Gasteiger partial charge in [0.15, 0.2) is 6.61 Å². The van der Waals surface area contributed by atoms with Crippen LogP contribution in [0.5, 0.6) is 0 Å². The SMILES string of the molecule is O=C(c1cnccn1)N1CCC(N2C(=O)COC2=O)CC1. The maximum atomic E-state index is 12.2. The molecule has 0 bridgehead atoms. The lowest BCUT2D eigenvalue weighted by molar-refractivity contribution is -0.127. The third kappa shape index (κ3) is 2.56. The van der Waals surface area contributed by atoms with Crippen molar-refractivity contribution in [3.8, 4) is 0 Å². The van der Waals surface area contributed by atoms with Crippen LogP contribution < -0.4 is 0 Å². The van der Waals surface area contributed by atoms with Crippen LogP contribution in [0.3, 0.4) is 0 Å². The molecule has 2 aliphatic heterocycles. The number of hydrogen-bond acceptors (Lipinski definition) is 6. The Morgan fingerprint density at radius 2 is 2.00 bits per heavy atom. The monoisotopic (exact) mass is 290 g/mol. The molecule has 0 N–H and O–H groups in total. The summed E-state index contributed by atoms with van der Waals surface area (Å²) in [7, 11) is 0. The molecule has 2 aliphatic rings. The van der Waals surface area contributed by atoms with Crippen LogP contribution in [0.15, 0.2) is 18.6 Å². The highest BCUT2D eigenvalue weighted by Gasteiger charge is 2.39. The normalized spacial score (nSPS) is 19.8. The molecule has 1 aromatic heterocycles. The molecule has 2 saturated heterocycles. The summed E-state index contributed by atoms with van der Waals surface area (Å²) in [5.41, 5.74) is 0.299. The molecule has 0 spiro atoms. The molecule has 110 valence electrons. The largest absolute Gasteiger partial charge is 0.439 e. The first kappa shape index (κ1) is 13.5. The minimum absolute atomic E-state index is 0.183. The molecular formula is C13H14N4O4. The van der Waals surface area contributed by atoms with E-state index in [2.05, 4.69) is 9.97 Å². The van der Waals surface area contributed by atoms with E-state index in [-0.39, 0.29) is 24.5 Å². The van der Waals surface area contributed by atoms with Gasteiger partial charge in [-0.1, -0.05) is 0 Å². The van der Waals surface area contributed by atoms with E-state index in [0.29, 0.717) is 31.6 Å². The Morgan fingerprint density at radius 1 is 1.24 bits per heavy atom. The molecule has 8 nitrogen and oxygen atoms in total. The van der Waals surface area contributed by atoms with Crippen molar-refractivity contribution >= 4 is 17.9 Å². The van der Waals surface area contributed by atoms with Crippen molar-refractivity contribution < 1.29 is 19.1 Å². The number of cyclic esters (lactones) is 1. The van der Waals surface area contributed by atoms with Gasteiger partial charge in [-0.05, 0) is 12.8 Å². The highest BCUT2D eigenvalue weighted by Crippen LogP contribution is 2.21. The van der Waals surface area contributed by atoms with Gasteiger partial charge in [0.05, 0.1) is 6.20 Å². The summed E-state index contributed by atoms with van der Waals surface area (Å²) in [5.74, 6) is -0.490. The van der Waals surface area contributed by atoms with E-state index in [1.165, 1.54) is 23.5 Å². The molecule has 21 heavy (non-hydrogen) atoms. The Labute approximate surface area is 120 Å². The van der Waals surface area contributed by atoms with Crippen LogP contribution in [0, 0.1) is 0 Å². The van der Waals surface area contributed by atoms with Crippen LogP contribution >= 0.6 is 0 Å². The standard InChI is InChI=1S/C13H14N4O4/c18-11-8-21-13(20)17(11)9-1-5-16(6-2-9)12(19)10-7-14-3-4-15-10/h3-4,7,9H,1-2,5-6,8H2. The Bertz CT molecular complexity index is 553. The van der Waals surface area contributed by atoms with E-state index in [1.807, 2.05) is 0 Å². The average Bonchev–Trinajstić information content (AvgIpc) is 2.87. The van der Waals surface area contributed by atoms with Crippen molar-refractivity contribution in [3.05, 3.63) is 24.3 Å². The van der Waals surface area contributed by atoms with Crippen molar-refractivity contribution in [3.63, 3.8) is 0 Å².